The van der Waals surface area contributed by atoms with Crippen LogP contribution in [0.15, 0.2) is 42.5 Å². The lowest BCUT2D eigenvalue weighted by Crippen LogP contribution is -2.29. The quantitative estimate of drug-likeness (QED) is 0.640. The Morgan fingerprint density at radius 1 is 0.950 bits per heavy atom. The van der Waals surface area contributed by atoms with Crippen LogP contribution in [0.1, 0.15) is 40.3 Å². The highest BCUT2D eigenvalue weighted by Gasteiger charge is 2.12. The molecule has 2 rings (SSSR count). The first kappa shape index (κ1) is 14.8. The van der Waals surface area contributed by atoms with Gasteiger partial charge in [0.25, 0.3) is 0 Å². The third-order valence-electron chi connectivity index (χ3n) is 3.84. The summed E-state index contributed by atoms with van der Waals surface area (Å²) >= 11 is 0. The van der Waals surface area contributed by atoms with Gasteiger partial charge >= 0.3 is 0 Å². The Kier molecular flexibility index (Phi) is 4.94. The first-order valence-electron chi connectivity index (χ1n) is 7.19. The molecular weight excluding hydrogens is 244 g/mol. The minimum atomic E-state index is 0.205. The Bertz CT molecular complexity index is 558. The smallest absolute Gasteiger partial charge is 0.0465 e. The minimum Gasteiger partial charge on any atom is -0.271 e. The predicted molar refractivity (Wildman–Crippen MR) is 85.5 cm³/mol. The number of aryl methyl sites for hydroxylation is 4. The minimum absolute atomic E-state index is 0.205. The van der Waals surface area contributed by atoms with E-state index in [9.17, 15) is 0 Å². The fraction of sp³-hybridized carbons (Fsp3) is 0.333. The van der Waals surface area contributed by atoms with Gasteiger partial charge in [0.1, 0.15) is 0 Å². The predicted octanol–water partition coefficient (Wildman–Crippen LogP) is 3.75. The van der Waals surface area contributed by atoms with Crippen LogP contribution in [0.3, 0.4) is 0 Å². The second kappa shape index (κ2) is 6.69. The molecule has 0 aliphatic rings. The van der Waals surface area contributed by atoms with Crippen molar-refractivity contribution in [3.05, 3.63) is 70.3 Å². The molecule has 0 radical (unpaired) electrons. The van der Waals surface area contributed by atoms with Crippen molar-refractivity contribution < 1.29 is 0 Å². The van der Waals surface area contributed by atoms with E-state index in [0.29, 0.717) is 0 Å². The van der Waals surface area contributed by atoms with Crippen LogP contribution in [0.25, 0.3) is 0 Å². The monoisotopic (exact) mass is 268 g/mol. The second-order valence-corrected chi connectivity index (χ2v) is 5.60. The van der Waals surface area contributed by atoms with E-state index in [1.54, 1.807) is 0 Å². The average Bonchev–Trinajstić information content (AvgIpc) is 2.43. The molecule has 106 valence electrons. The van der Waals surface area contributed by atoms with Crippen LogP contribution < -0.4 is 11.3 Å². The van der Waals surface area contributed by atoms with Gasteiger partial charge in [0.05, 0.1) is 0 Å². The number of nitrogens with two attached hydrogens (primary N) is 1. The third kappa shape index (κ3) is 3.69. The molecular formula is C18H24N2. The van der Waals surface area contributed by atoms with Gasteiger partial charge in [0.2, 0.25) is 0 Å². The van der Waals surface area contributed by atoms with E-state index in [0.717, 1.165) is 12.8 Å². The normalized spacial score (nSPS) is 12.4. The topological polar surface area (TPSA) is 38.0 Å². The van der Waals surface area contributed by atoms with Gasteiger partial charge in [-0.3, -0.25) is 11.3 Å². The van der Waals surface area contributed by atoms with Crippen molar-refractivity contribution in [2.45, 2.75) is 39.7 Å². The Balaban J connectivity index is 2.07. The number of benzene rings is 2. The highest BCUT2D eigenvalue weighted by molar-refractivity contribution is 5.33. The molecule has 0 aromatic heterocycles. The van der Waals surface area contributed by atoms with E-state index in [1.165, 1.54) is 27.8 Å². The Labute approximate surface area is 122 Å². The van der Waals surface area contributed by atoms with Crippen molar-refractivity contribution in [3.8, 4) is 0 Å². The zero-order valence-electron chi connectivity index (χ0n) is 12.6. The van der Waals surface area contributed by atoms with E-state index in [1.807, 2.05) is 0 Å². The van der Waals surface area contributed by atoms with Crippen LogP contribution in [-0.4, -0.2) is 0 Å². The zero-order valence-corrected chi connectivity index (χ0v) is 12.6. The lowest BCUT2D eigenvalue weighted by molar-refractivity contribution is 0.514. The summed E-state index contributed by atoms with van der Waals surface area (Å²) in [5.74, 6) is 5.75. The van der Waals surface area contributed by atoms with Gasteiger partial charge < -0.3 is 0 Å². The molecule has 3 N–H and O–H groups in total. The molecule has 2 aromatic rings. The number of hydrogen-bond donors (Lipinski definition) is 2. The molecule has 2 heteroatoms. The third-order valence-corrected chi connectivity index (χ3v) is 3.84. The van der Waals surface area contributed by atoms with Crippen molar-refractivity contribution in [1.29, 1.82) is 0 Å². The molecule has 0 aliphatic carbocycles. The molecule has 1 atom stereocenters. The van der Waals surface area contributed by atoms with Crippen LogP contribution in [0.5, 0.6) is 0 Å². The first-order valence-corrected chi connectivity index (χ1v) is 7.19. The van der Waals surface area contributed by atoms with Crippen LogP contribution in [0.4, 0.5) is 0 Å². The fourth-order valence-electron chi connectivity index (χ4n) is 2.61. The summed E-state index contributed by atoms with van der Waals surface area (Å²) in [5.41, 5.74) is 9.52. The maximum atomic E-state index is 5.75. The molecule has 2 aromatic carbocycles. The molecule has 0 fully saturated rings. The van der Waals surface area contributed by atoms with Crippen LogP contribution in [-0.2, 0) is 6.42 Å². The maximum absolute atomic E-state index is 5.75. The van der Waals surface area contributed by atoms with Gasteiger partial charge in [0, 0.05) is 6.04 Å². The summed E-state index contributed by atoms with van der Waals surface area (Å²) in [5, 5.41) is 0. The molecule has 20 heavy (non-hydrogen) atoms. The Hall–Kier alpha value is -1.64. The van der Waals surface area contributed by atoms with Gasteiger partial charge in [-0.1, -0.05) is 53.6 Å². The van der Waals surface area contributed by atoms with E-state index >= 15 is 0 Å². The molecule has 0 spiro atoms. The lowest BCUT2D eigenvalue weighted by Gasteiger charge is -2.19. The molecule has 0 amide bonds. The van der Waals surface area contributed by atoms with Gasteiger partial charge in [-0.25, -0.2) is 0 Å². The maximum Gasteiger partial charge on any atom is 0.0465 e. The van der Waals surface area contributed by atoms with Crippen LogP contribution >= 0.6 is 0 Å². The van der Waals surface area contributed by atoms with E-state index in [-0.39, 0.29) is 6.04 Å². The molecule has 0 saturated heterocycles. The fourth-order valence-corrected chi connectivity index (χ4v) is 2.61. The zero-order chi connectivity index (χ0) is 14.5. The number of rotatable bonds is 5. The Morgan fingerprint density at radius 3 is 2.20 bits per heavy atom. The number of hydrogen-bond acceptors (Lipinski definition) is 2. The second-order valence-electron chi connectivity index (χ2n) is 5.60. The molecule has 0 aliphatic heterocycles. The van der Waals surface area contributed by atoms with Crippen LogP contribution in [0, 0.1) is 20.8 Å². The summed E-state index contributed by atoms with van der Waals surface area (Å²) in [6.07, 6.45) is 2.03. The van der Waals surface area contributed by atoms with Gasteiger partial charge in [-0.15, -0.1) is 0 Å². The molecule has 0 heterocycles. The molecule has 1 unspecified atom stereocenters. The van der Waals surface area contributed by atoms with Crippen molar-refractivity contribution in [3.63, 3.8) is 0 Å². The van der Waals surface area contributed by atoms with Crippen molar-refractivity contribution in [2.75, 3.05) is 0 Å². The van der Waals surface area contributed by atoms with Gasteiger partial charge in [-0.05, 0) is 50.3 Å². The largest absolute Gasteiger partial charge is 0.271 e. The van der Waals surface area contributed by atoms with Gasteiger partial charge in [0.15, 0.2) is 0 Å². The van der Waals surface area contributed by atoms with Crippen molar-refractivity contribution in [1.82, 2.24) is 5.43 Å². The molecule has 0 saturated carbocycles. The summed E-state index contributed by atoms with van der Waals surface area (Å²) in [4.78, 5) is 0. The highest BCUT2D eigenvalue weighted by Crippen LogP contribution is 2.23. The first-order chi connectivity index (χ1) is 9.60. The average molecular weight is 268 g/mol. The number of nitrogens with one attached hydrogen (secondary N) is 1. The summed E-state index contributed by atoms with van der Waals surface area (Å²) in [6, 6.07) is 15.5. The standard InChI is InChI=1S/C18H24N2/c1-13-4-7-16(8-5-13)9-11-18(20-19)17-10-6-14(2)12-15(17)3/h4-8,10,12,18,20H,9,11,19H2,1-3H3. The van der Waals surface area contributed by atoms with Crippen LogP contribution in [0.2, 0.25) is 0 Å². The summed E-state index contributed by atoms with van der Waals surface area (Å²) < 4.78 is 0. The van der Waals surface area contributed by atoms with Gasteiger partial charge in [-0.2, -0.15) is 0 Å². The molecule has 0 bridgehead atoms. The lowest BCUT2D eigenvalue weighted by atomic mass is 9.95. The SMILES string of the molecule is Cc1ccc(CCC(NN)c2ccc(C)cc2C)cc1. The van der Waals surface area contributed by atoms with Crippen molar-refractivity contribution >= 4 is 0 Å². The summed E-state index contributed by atoms with van der Waals surface area (Å²) in [7, 11) is 0. The number of hydrazine groups is 1. The van der Waals surface area contributed by atoms with Crippen molar-refractivity contribution in [2.24, 2.45) is 5.84 Å². The summed E-state index contributed by atoms with van der Waals surface area (Å²) in [6.45, 7) is 6.39. The highest BCUT2D eigenvalue weighted by atomic mass is 15.2. The van der Waals surface area contributed by atoms with E-state index < -0.39 is 0 Å². The molecule has 2 nitrogen and oxygen atoms in total. The van der Waals surface area contributed by atoms with E-state index in [4.69, 9.17) is 5.84 Å². The van der Waals surface area contributed by atoms with E-state index in [2.05, 4.69) is 68.7 Å². The Morgan fingerprint density at radius 2 is 1.60 bits per heavy atom.